The SMILES string of the molecule is COc1ccc(CNCc2ccc(N3CCCC3=O)cc2)c(OC)c1. The minimum Gasteiger partial charge on any atom is -0.497 e. The van der Waals surface area contributed by atoms with E-state index in [1.54, 1.807) is 14.2 Å². The van der Waals surface area contributed by atoms with Gasteiger partial charge < -0.3 is 19.7 Å². The molecule has 1 saturated heterocycles. The van der Waals surface area contributed by atoms with Crippen LogP contribution in [0.1, 0.15) is 24.0 Å². The number of nitrogens with zero attached hydrogens (tertiary/aromatic N) is 1. The van der Waals surface area contributed by atoms with Crippen LogP contribution in [0.4, 0.5) is 5.69 Å². The minimum absolute atomic E-state index is 0.220. The van der Waals surface area contributed by atoms with Crippen LogP contribution in [0.3, 0.4) is 0 Å². The Balaban J connectivity index is 1.56. The largest absolute Gasteiger partial charge is 0.497 e. The molecule has 0 unspecified atom stereocenters. The zero-order valence-electron chi connectivity index (χ0n) is 14.7. The second-order valence-corrected chi connectivity index (χ2v) is 6.10. The number of methoxy groups -OCH3 is 2. The summed E-state index contributed by atoms with van der Waals surface area (Å²) >= 11 is 0. The van der Waals surface area contributed by atoms with Gasteiger partial charge in [-0.1, -0.05) is 18.2 Å². The molecule has 1 N–H and O–H groups in total. The highest BCUT2D eigenvalue weighted by molar-refractivity contribution is 5.95. The molecule has 5 heteroatoms. The molecule has 0 atom stereocenters. The number of hydrogen-bond acceptors (Lipinski definition) is 4. The second kappa shape index (κ2) is 8.03. The molecule has 5 nitrogen and oxygen atoms in total. The van der Waals surface area contributed by atoms with E-state index in [4.69, 9.17) is 9.47 Å². The zero-order chi connectivity index (χ0) is 17.6. The topological polar surface area (TPSA) is 50.8 Å². The Morgan fingerprint density at radius 1 is 1.04 bits per heavy atom. The summed E-state index contributed by atoms with van der Waals surface area (Å²) in [6.45, 7) is 2.29. The van der Waals surface area contributed by atoms with Crippen molar-refractivity contribution < 1.29 is 14.3 Å². The average Bonchev–Trinajstić information content (AvgIpc) is 3.08. The fourth-order valence-electron chi connectivity index (χ4n) is 3.05. The van der Waals surface area contributed by atoms with Crippen molar-refractivity contribution >= 4 is 11.6 Å². The van der Waals surface area contributed by atoms with Crippen molar-refractivity contribution in [3.05, 3.63) is 53.6 Å². The summed E-state index contributed by atoms with van der Waals surface area (Å²) in [5.74, 6) is 1.82. The predicted octanol–water partition coefficient (Wildman–Crippen LogP) is 3.12. The monoisotopic (exact) mass is 340 g/mol. The number of carbonyl (C=O) groups excluding carboxylic acids is 1. The first kappa shape index (κ1) is 17.3. The smallest absolute Gasteiger partial charge is 0.227 e. The predicted molar refractivity (Wildman–Crippen MR) is 98.1 cm³/mol. The highest BCUT2D eigenvalue weighted by Crippen LogP contribution is 2.25. The quantitative estimate of drug-likeness (QED) is 0.841. The van der Waals surface area contributed by atoms with Gasteiger partial charge in [0.05, 0.1) is 14.2 Å². The molecular formula is C20H24N2O3. The molecule has 3 rings (SSSR count). The molecule has 1 aliphatic rings. The number of benzene rings is 2. The molecule has 132 valence electrons. The number of nitrogens with one attached hydrogen (secondary N) is 1. The van der Waals surface area contributed by atoms with Crippen molar-refractivity contribution in [3.63, 3.8) is 0 Å². The van der Waals surface area contributed by atoms with Crippen molar-refractivity contribution in [2.45, 2.75) is 25.9 Å². The molecule has 1 heterocycles. The Morgan fingerprint density at radius 3 is 2.48 bits per heavy atom. The van der Waals surface area contributed by atoms with Gasteiger partial charge in [-0.15, -0.1) is 0 Å². The third-order valence-electron chi connectivity index (χ3n) is 4.46. The van der Waals surface area contributed by atoms with Crippen LogP contribution >= 0.6 is 0 Å². The van der Waals surface area contributed by atoms with Crippen molar-refractivity contribution in [1.29, 1.82) is 0 Å². The summed E-state index contributed by atoms with van der Waals surface area (Å²) in [6, 6.07) is 14.0. The lowest BCUT2D eigenvalue weighted by Gasteiger charge is -2.16. The summed E-state index contributed by atoms with van der Waals surface area (Å²) < 4.78 is 10.6. The van der Waals surface area contributed by atoms with Crippen molar-refractivity contribution in [2.75, 3.05) is 25.7 Å². The van der Waals surface area contributed by atoms with Crippen LogP contribution in [-0.2, 0) is 17.9 Å². The first-order valence-electron chi connectivity index (χ1n) is 8.52. The fraction of sp³-hybridized carbons (Fsp3) is 0.350. The maximum atomic E-state index is 11.8. The summed E-state index contributed by atoms with van der Waals surface area (Å²) in [7, 11) is 3.31. The van der Waals surface area contributed by atoms with Gasteiger partial charge in [0, 0.05) is 43.4 Å². The van der Waals surface area contributed by atoms with Gasteiger partial charge in [0.1, 0.15) is 11.5 Å². The Morgan fingerprint density at radius 2 is 1.84 bits per heavy atom. The molecule has 1 aliphatic heterocycles. The van der Waals surface area contributed by atoms with Gasteiger partial charge in [-0.25, -0.2) is 0 Å². The molecule has 0 spiro atoms. The van der Waals surface area contributed by atoms with Crippen molar-refractivity contribution in [3.8, 4) is 11.5 Å². The third-order valence-corrected chi connectivity index (χ3v) is 4.46. The Labute approximate surface area is 148 Å². The second-order valence-electron chi connectivity index (χ2n) is 6.10. The lowest BCUT2D eigenvalue weighted by Crippen LogP contribution is -2.23. The maximum absolute atomic E-state index is 11.8. The summed E-state index contributed by atoms with van der Waals surface area (Å²) in [6.07, 6.45) is 1.61. The number of ether oxygens (including phenoxy) is 2. The number of amides is 1. The van der Waals surface area contributed by atoms with Gasteiger partial charge in [-0.3, -0.25) is 4.79 Å². The van der Waals surface area contributed by atoms with Crippen LogP contribution in [0.5, 0.6) is 11.5 Å². The molecule has 25 heavy (non-hydrogen) atoms. The van der Waals surface area contributed by atoms with E-state index in [1.165, 1.54) is 5.56 Å². The number of carbonyl (C=O) groups is 1. The molecule has 0 aliphatic carbocycles. The van der Waals surface area contributed by atoms with Gasteiger partial charge in [0.25, 0.3) is 0 Å². The Bertz CT molecular complexity index is 728. The van der Waals surface area contributed by atoms with Crippen LogP contribution in [0.15, 0.2) is 42.5 Å². The van der Waals surface area contributed by atoms with E-state index in [1.807, 2.05) is 35.2 Å². The number of hydrogen-bond donors (Lipinski definition) is 1. The first-order valence-corrected chi connectivity index (χ1v) is 8.52. The van der Waals surface area contributed by atoms with Crippen LogP contribution < -0.4 is 19.7 Å². The normalized spacial score (nSPS) is 14.0. The van der Waals surface area contributed by atoms with E-state index in [-0.39, 0.29) is 5.91 Å². The first-order chi connectivity index (χ1) is 12.2. The van der Waals surface area contributed by atoms with E-state index >= 15 is 0 Å². The van der Waals surface area contributed by atoms with Gasteiger partial charge in [0.2, 0.25) is 5.91 Å². The lowest BCUT2D eigenvalue weighted by molar-refractivity contribution is -0.117. The minimum atomic E-state index is 0.220. The molecule has 0 saturated carbocycles. The number of rotatable bonds is 7. The summed E-state index contributed by atoms with van der Waals surface area (Å²) in [4.78, 5) is 13.6. The summed E-state index contributed by atoms with van der Waals surface area (Å²) in [5.41, 5.74) is 3.26. The molecule has 2 aromatic rings. The fourth-order valence-corrected chi connectivity index (χ4v) is 3.05. The summed E-state index contributed by atoms with van der Waals surface area (Å²) in [5, 5.41) is 3.43. The van der Waals surface area contributed by atoms with E-state index in [0.717, 1.165) is 42.3 Å². The molecule has 0 aromatic heterocycles. The third kappa shape index (κ3) is 4.12. The average molecular weight is 340 g/mol. The van der Waals surface area contributed by atoms with Gasteiger partial charge in [-0.2, -0.15) is 0 Å². The van der Waals surface area contributed by atoms with Crippen LogP contribution in [0, 0.1) is 0 Å². The molecule has 0 bridgehead atoms. The maximum Gasteiger partial charge on any atom is 0.227 e. The van der Waals surface area contributed by atoms with E-state index in [2.05, 4.69) is 17.4 Å². The Hall–Kier alpha value is -2.53. The van der Waals surface area contributed by atoms with Crippen LogP contribution in [0.2, 0.25) is 0 Å². The standard InChI is InChI=1S/C20H24N2O3/c1-24-18-10-7-16(19(12-18)25-2)14-21-13-15-5-8-17(9-6-15)22-11-3-4-20(22)23/h5-10,12,21H,3-4,11,13-14H2,1-2H3. The van der Waals surface area contributed by atoms with Crippen LogP contribution in [-0.4, -0.2) is 26.7 Å². The van der Waals surface area contributed by atoms with Crippen LogP contribution in [0.25, 0.3) is 0 Å². The van der Waals surface area contributed by atoms with E-state index in [9.17, 15) is 4.79 Å². The van der Waals surface area contributed by atoms with Crippen molar-refractivity contribution in [2.24, 2.45) is 0 Å². The highest BCUT2D eigenvalue weighted by atomic mass is 16.5. The molecule has 0 radical (unpaired) electrons. The lowest BCUT2D eigenvalue weighted by atomic mass is 10.1. The highest BCUT2D eigenvalue weighted by Gasteiger charge is 2.21. The van der Waals surface area contributed by atoms with Crippen molar-refractivity contribution in [1.82, 2.24) is 5.32 Å². The molecule has 2 aromatic carbocycles. The van der Waals surface area contributed by atoms with Gasteiger partial charge in [0.15, 0.2) is 0 Å². The van der Waals surface area contributed by atoms with E-state index in [0.29, 0.717) is 13.0 Å². The molecule has 1 amide bonds. The number of anilines is 1. The van der Waals surface area contributed by atoms with Gasteiger partial charge in [-0.05, 0) is 30.2 Å². The molecule has 1 fully saturated rings. The van der Waals surface area contributed by atoms with Gasteiger partial charge >= 0.3 is 0 Å². The Kier molecular flexibility index (Phi) is 5.56. The van der Waals surface area contributed by atoms with E-state index < -0.39 is 0 Å². The zero-order valence-corrected chi connectivity index (χ0v) is 14.7. The molecular weight excluding hydrogens is 316 g/mol.